The zero-order valence-corrected chi connectivity index (χ0v) is 15.6. The van der Waals surface area contributed by atoms with Crippen LogP contribution >= 0.6 is 0 Å². The number of nitrogens with zero attached hydrogens (tertiary/aromatic N) is 1. The fraction of sp³-hybridized carbons (Fsp3) is 0.318. The molecule has 0 unspecified atom stereocenters. The molecule has 5 heteroatoms. The molecule has 0 fully saturated rings. The van der Waals surface area contributed by atoms with Crippen molar-refractivity contribution in [2.45, 2.75) is 39.0 Å². The highest BCUT2D eigenvalue weighted by Crippen LogP contribution is 2.19. The van der Waals surface area contributed by atoms with Crippen molar-refractivity contribution < 1.29 is 9.59 Å². The maximum Gasteiger partial charge on any atom is 0.269 e. The first-order valence-corrected chi connectivity index (χ1v) is 9.42. The number of nitrogens with one attached hydrogen (secondary N) is 2. The molecule has 1 aromatic heterocycles. The molecule has 1 aliphatic rings. The Morgan fingerprint density at radius 3 is 2.44 bits per heavy atom. The Balaban J connectivity index is 1.50. The monoisotopic (exact) mass is 363 g/mol. The van der Waals surface area contributed by atoms with Crippen LogP contribution in [0.4, 0.5) is 11.4 Å². The molecule has 2 N–H and O–H groups in total. The number of aromatic nitrogens is 1. The largest absolute Gasteiger partial charge is 0.354 e. The molecular weight excluding hydrogens is 338 g/mol. The van der Waals surface area contributed by atoms with Gasteiger partial charge in [0.1, 0.15) is 5.69 Å². The lowest BCUT2D eigenvalue weighted by atomic mass is 9.97. The zero-order chi connectivity index (χ0) is 19.1. The smallest absolute Gasteiger partial charge is 0.269 e. The van der Waals surface area contributed by atoms with Gasteiger partial charge in [-0.25, -0.2) is 4.98 Å². The minimum Gasteiger partial charge on any atom is -0.354 e. The van der Waals surface area contributed by atoms with E-state index in [-0.39, 0.29) is 11.7 Å². The molecule has 1 amide bonds. The first-order chi connectivity index (χ1) is 13.1. The van der Waals surface area contributed by atoms with E-state index in [0.717, 1.165) is 30.6 Å². The van der Waals surface area contributed by atoms with Gasteiger partial charge in [-0.05, 0) is 75.4 Å². The number of benzene rings is 1. The molecule has 3 rings (SSSR count). The van der Waals surface area contributed by atoms with E-state index in [2.05, 4.69) is 21.7 Å². The van der Waals surface area contributed by atoms with Crippen LogP contribution < -0.4 is 10.6 Å². The van der Waals surface area contributed by atoms with E-state index in [1.807, 2.05) is 18.2 Å². The average Bonchev–Trinajstić information content (AvgIpc) is 2.70. The predicted octanol–water partition coefficient (Wildman–Crippen LogP) is 4.65. The molecule has 27 heavy (non-hydrogen) atoms. The van der Waals surface area contributed by atoms with Crippen molar-refractivity contribution in [2.24, 2.45) is 0 Å². The molecule has 2 aromatic rings. The van der Waals surface area contributed by atoms with E-state index < -0.39 is 0 Å². The van der Waals surface area contributed by atoms with Gasteiger partial charge in [0.2, 0.25) is 0 Å². The summed E-state index contributed by atoms with van der Waals surface area (Å²) in [5.74, 6) is -0.109. The highest BCUT2D eigenvalue weighted by molar-refractivity contribution is 5.94. The van der Waals surface area contributed by atoms with E-state index in [1.165, 1.54) is 18.4 Å². The number of allylic oxidation sites excluding steroid dienone is 1. The van der Waals surface area contributed by atoms with E-state index in [9.17, 15) is 9.59 Å². The van der Waals surface area contributed by atoms with Crippen LogP contribution in [0.2, 0.25) is 0 Å². The number of carbonyl (C=O) groups excluding carboxylic acids is 2. The van der Waals surface area contributed by atoms with E-state index >= 15 is 0 Å². The van der Waals surface area contributed by atoms with Crippen molar-refractivity contribution in [2.75, 3.05) is 11.9 Å². The Labute approximate surface area is 159 Å². The summed E-state index contributed by atoms with van der Waals surface area (Å²) in [6.07, 6.45) is 9.71. The van der Waals surface area contributed by atoms with Gasteiger partial charge in [0.15, 0.2) is 5.78 Å². The number of anilines is 2. The molecule has 0 saturated heterocycles. The Bertz CT molecular complexity index is 824. The van der Waals surface area contributed by atoms with Gasteiger partial charge in [-0.2, -0.15) is 0 Å². The van der Waals surface area contributed by atoms with Crippen LogP contribution in [0.3, 0.4) is 0 Å². The first kappa shape index (κ1) is 18.8. The van der Waals surface area contributed by atoms with Crippen molar-refractivity contribution in [3.8, 4) is 0 Å². The molecule has 1 aromatic carbocycles. The Hall–Kier alpha value is -2.95. The predicted molar refractivity (Wildman–Crippen MR) is 107 cm³/mol. The molecule has 0 bridgehead atoms. The second-order valence-electron chi connectivity index (χ2n) is 6.80. The molecule has 0 radical (unpaired) electrons. The lowest BCUT2D eigenvalue weighted by molar-refractivity contribution is 0.0948. The van der Waals surface area contributed by atoms with E-state index in [0.29, 0.717) is 17.8 Å². The summed E-state index contributed by atoms with van der Waals surface area (Å²) in [6.45, 7) is 2.19. The van der Waals surface area contributed by atoms with Gasteiger partial charge < -0.3 is 10.6 Å². The Kier molecular flexibility index (Phi) is 6.36. The van der Waals surface area contributed by atoms with Crippen LogP contribution in [-0.2, 0) is 0 Å². The maximum absolute atomic E-state index is 12.2. The van der Waals surface area contributed by atoms with Crippen molar-refractivity contribution in [1.29, 1.82) is 0 Å². The number of hydrogen-bond acceptors (Lipinski definition) is 4. The van der Waals surface area contributed by atoms with Crippen LogP contribution in [0.5, 0.6) is 0 Å². The minimum absolute atomic E-state index is 0.0401. The first-order valence-electron chi connectivity index (χ1n) is 9.42. The van der Waals surface area contributed by atoms with Crippen LogP contribution in [0.1, 0.15) is 59.9 Å². The fourth-order valence-electron chi connectivity index (χ4n) is 3.12. The molecule has 140 valence electrons. The molecule has 0 saturated carbocycles. The van der Waals surface area contributed by atoms with Crippen LogP contribution in [0.15, 0.2) is 54.2 Å². The van der Waals surface area contributed by atoms with Gasteiger partial charge in [-0.15, -0.1) is 0 Å². The van der Waals surface area contributed by atoms with Crippen LogP contribution in [-0.4, -0.2) is 23.2 Å². The summed E-state index contributed by atoms with van der Waals surface area (Å²) in [7, 11) is 0. The summed E-state index contributed by atoms with van der Waals surface area (Å²) in [5, 5.41) is 6.15. The summed E-state index contributed by atoms with van der Waals surface area (Å²) >= 11 is 0. The standard InChI is InChI=1S/C22H25N3O2/c1-16(26)18-7-9-19(10-8-18)25-20-11-12-21(24-15-20)22(27)23-14-13-17-5-3-2-4-6-17/h5,7-12,15,25H,2-4,6,13-14H2,1H3,(H,23,27). The quantitative estimate of drug-likeness (QED) is 0.555. The molecule has 1 heterocycles. The normalized spacial score (nSPS) is 13.6. The highest BCUT2D eigenvalue weighted by atomic mass is 16.1. The lowest BCUT2D eigenvalue weighted by Gasteiger charge is -2.13. The molecule has 0 atom stereocenters. The van der Waals surface area contributed by atoms with Gasteiger partial charge >= 0.3 is 0 Å². The van der Waals surface area contributed by atoms with Crippen LogP contribution in [0.25, 0.3) is 0 Å². The third-order valence-electron chi connectivity index (χ3n) is 4.69. The average molecular weight is 363 g/mol. The molecule has 0 aliphatic heterocycles. The summed E-state index contributed by atoms with van der Waals surface area (Å²) in [6, 6.07) is 10.8. The Morgan fingerprint density at radius 1 is 1.04 bits per heavy atom. The summed E-state index contributed by atoms with van der Waals surface area (Å²) < 4.78 is 0. The van der Waals surface area contributed by atoms with Gasteiger partial charge in [0.05, 0.1) is 11.9 Å². The van der Waals surface area contributed by atoms with Gasteiger partial charge in [0.25, 0.3) is 5.91 Å². The van der Waals surface area contributed by atoms with Crippen LogP contribution in [0, 0.1) is 0 Å². The van der Waals surface area contributed by atoms with E-state index in [4.69, 9.17) is 0 Å². The number of hydrogen-bond donors (Lipinski definition) is 2. The van der Waals surface area contributed by atoms with Crippen molar-refractivity contribution in [3.05, 3.63) is 65.5 Å². The Morgan fingerprint density at radius 2 is 1.81 bits per heavy atom. The van der Waals surface area contributed by atoms with Gasteiger partial charge in [0, 0.05) is 17.8 Å². The number of Topliss-reactive ketones (excluding diaryl/α,β-unsaturated/α-hetero) is 1. The number of rotatable bonds is 7. The van der Waals surface area contributed by atoms with Gasteiger partial charge in [-0.3, -0.25) is 9.59 Å². The third kappa shape index (κ3) is 5.51. The number of carbonyl (C=O) groups is 2. The molecule has 5 nitrogen and oxygen atoms in total. The molecule has 1 aliphatic carbocycles. The fourth-order valence-corrected chi connectivity index (χ4v) is 3.12. The second-order valence-corrected chi connectivity index (χ2v) is 6.80. The molecule has 0 spiro atoms. The summed E-state index contributed by atoms with van der Waals surface area (Å²) in [4.78, 5) is 27.8. The SMILES string of the molecule is CC(=O)c1ccc(Nc2ccc(C(=O)NCCC3=CCCCC3)nc2)cc1. The topological polar surface area (TPSA) is 71.1 Å². The number of pyridine rings is 1. The zero-order valence-electron chi connectivity index (χ0n) is 15.6. The lowest BCUT2D eigenvalue weighted by Crippen LogP contribution is -2.25. The van der Waals surface area contributed by atoms with Gasteiger partial charge in [-0.1, -0.05) is 11.6 Å². The minimum atomic E-state index is -0.149. The van der Waals surface area contributed by atoms with E-state index in [1.54, 1.807) is 31.3 Å². The third-order valence-corrected chi connectivity index (χ3v) is 4.69. The number of amides is 1. The van der Waals surface area contributed by atoms with Crippen molar-refractivity contribution in [1.82, 2.24) is 10.3 Å². The van der Waals surface area contributed by atoms with Crippen molar-refractivity contribution >= 4 is 23.1 Å². The number of ketones is 1. The second kappa shape index (κ2) is 9.12. The maximum atomic E-state index is 12.2. The van der Waals surface area contributed by atoms with Crippen molar-refractivity contribution in [3.63, 3.8) is 0 Å². The summed E-state index contributed by atoms with van der Waals surface area (Å²) in [5.41, 5.74) is 4.18. The highest BCUT2D eigenvalue weighted by Gasteiger charge is 2.08. The molecular formula is C22H25N3O2.